The van der Waals surface area contributed by atoms with Crippen LogP contribution < -0.4 is 4.72 Å². The Morgan fingerprint density at radius 3 is 2.24 bits per heavy atom. The molecule has 0 aliphatic heterocycles. The van der Waals surface area contributed by atoms with Gasteiger partial charge in [-0.2, -0.15) is 0 Å². The van der Waals surface area contributed by atoms with E-state index in [0.29, 0.717) is 11.3 Å². The monoisotopic (exact) mass is 364 g/mol. The van der Waals surface area contributed by atoms with Gasteiger partial charge in [0.25, 0.3) is 5.91 Å². The van der Waals surface area contributed by atoms with Gasteiger partial charge >= 0.3 is 0 Å². The van der Waals surface area contributed by atoms with E-state index in [1.165, 1.54) is 24.3 Å². The summed E-state index contributed by atoms with van der Waals surface area (Å²) in [7, 11) is -1.94. The molecule has 1 unspecified atom stereocenters. The van der Waals surface area contributed by atoms with Crippen molar-refractivity contribution in [3.63, 3.8) is 0 Å². The Morgan fingerprint density at radius 1 is 1.16 bits per heavy atom. The number of hydrogen-bond donors (Lipinski definition) is 1. The van der Waals surface area contributed by atoms with Crippen LogP contribution in [0.2, 0.25) is 0 Å². The van der Waals surface area contributed by atoms with Crippen LogP contribution in [0.1, 0.15) is 49.9 Å². The Balaban J connectivity index is 2.18. The van der Waals surface area contributed by atoms with Crippen molar-refractivity contribution in [1.29, 1.82) is 0 Å². The predicted molar refractivity (Wildman–Crippen MR) is 95.7 cm³/mol. The highest BCUT2D eigenvalue weighted by molar-refractivity contribution is 7.89. The molecule has 25 heavy (non-hydrogen) atoms. The number of amides is 1. The molecule has 1 heterocycles. The van der Waals surface area contributed by atoms with Crippen LogP contribution in [0, 0.1) is 0 Å². The van der Waals surface area contributed by atoms with Gasteiger partial charge in [-0.15, -0.1) is 0 Å². The molecule has 1 amide bonds. The number of hydrogen-bond acceptors (Lipinski definition) is 4. The fourth-order valence-corrected chi connectivity index (χ4v) is 3.76. The van der Waals surface area contributed by atoms with Gasteiger partial charge in [0.05, 0.1) is 17.2 Å². The summed E-state index contributed by atoms with van der Waals surface area (Å²) in [5, 5.41) is 0. The molecule has 2 aromatic rings. The minimum Gasteiger partial charge on any atom is -0.467 e. The summed E-state index contributed by atoms with van der Waals surface area (Å²) in [6.45, 7) is 7.18. The van der Waals surface area contributed by atoms with Crippen molar-refractivity contribution in [2.75, 3.05) is 7.05 Å². The fourth-order valence-electron chi connectivity index (χ4n) is 2.34. The molecule has 0 saturated carbocycles. The second-order valence-corrected chi connectivity index (χ2v) is 8.67. The molecule has 1 atom stereocenters. The summed E-state index contributed by atoms with van der Waals surface area (Å²) in [5.41, 5.74) is -0.165. The van der Waals surface area contributed by atoms with Crippen molar-refractivity contribution in [2.24, 2.45) is 0 Å². The van der Waals surface area contributed by atoms with E-state index in [1.54, 1.807) is 45.0 Å². The van der Waals surface area contributed by atoms with E-state index in [2.05, 4.69) is 4.72 Å². The SMILES string of the molecule is CC(c1ccco1)N(C)C(=O)c1ccc(S(=O)(=O)NC(C)(C)C)cc1. The highest BCUT2D eigenvalue weighted by atomic mass is 32.2. The normalized spacial score (nSPS) is 13.5. The Labute approximate surface area is 148 Å². The highest BCUT2D eigenvalue weighted by Crippen LogP contribution is 2.22. The van der Waals surface area contributed by atoms with Crippen LogP contribution in [0.5, 0.6) is 0 Å². The molecule has 1 aromatic carbocycles. The Morgan fingerprint density at radius 2 is 1.76 bits per heavy atom. The van der Waals surface area contributed by atoms with Crippen molar-refractivity contribution < 1.29 is 17.6 Å². The van der Waals surface area contributed by atoms with Crippen molar-refractivity contribution in [2.45, 2.75) is 44.2 Å². The summed E-state index contributed by atoms with van der Waals surface area (Å²) < 4.78 is 32.5. The third kappa shape index (κ3) is 4.70. The number of sulfonamides is 1. The van der Waals surface area contributed by atoms with E-state index in [1.807, 2.05) is 13.0 Å². The molecule has 0 saturated heterocycles. The van der Waals surface area contributed by atoms with Crippen LogP contribution in [-0.4, -0.2) is 31.8 Å². The van der Waals surface area contributed by atoms with Gasteiger partial charge in [-0.3, -0.25) is 4.79 Å². The van der Waals surface area contributed by atoms with Crippen molar-refractivity contribution in [3.8, 4) is 0 Å². The van der Waals surface area contributed by atoms with Crippen molar-refractivity contribution in [3.05, 3.63) is 54.0 Å². The van der Waals surface area contributed by atoms with Crippen LogP contribution in [-0.2, 0) is 10.0 Å². The molecule has 0 bridgehead atoms. The molecular weight excluding hydrogens is 340 g/mol. The van der Waals surface area contributed by atoms with E-state index in [4.69, 9.17) is 4.42 Å². The molecule has 136 valence electrons. The minimum atomic E-state index is -3.62. The van der Waals surface area contributed by atoms with Crippen LogP contribution in [0.25, 0.3) is 0 Å². The molecule has 0 aliphatic carbocycles. The van der Waals surface area contributed by atoms with Gasteiger partial charge in [0.2, 0.25) is 10.0 Å². The lowest BCUT2D eigenvalue weighted by Crippen LogP contribution is -2.40. The summed E-state index contributed by atoms with van der Waals surface area (Å²) in [5.74, 6) is 0.473. The Kier molecular flexibility index (Phi) is 5.39. The molecule has 0 spiro atoms. The first kappa shape index (κ1) is 19.2. The Hall–Kier alpha value is -2.12. The third-order valence-corrected chi connectivity index (χ3v) is 5.48. The number of benzene rings is 1. The lowest BCUT2D eigenvalue weighted by atomic mass is 10.1. The molecule has 0 aliphatic rings. The van der Waals surface area contributed by atoms with Gasteiger partial charge in [-0.05, 0) is 64.1 Å². The second kappa shape index (κ2) is 7.01. The molecule has 0 fully saturated rings. The molecule has 1 N–H and O–H groups in total. The van der Waals surface area contributed by atoms with E-state index in [0.717, 1.165) is 0 Å². The summed E-state index contributed by atoms with van der Waals surface area (Å²) >= 11 is 0. The van der Waals surface area contributed by atoms with Crippen LogP contribution in [0.4, 0.5) is 0 Å². The van der Waals surface area contributed by atoms with Gasteiger partial charge in [0.15, 0.2) is 0 Å². The first-order valence-electron chi connectivity index (χ1n) is 7.96. The highest BCUT2D eigenvalue weighted by Gasteiger charge is 2.24. The van der Waals surface area contributed by atoms with Crippen LogP contribution in [0.3, 0.4) is 0 Å². The van der Waals surface area contributed by atoms with E-state index in [-0.39, 0.29) is 16.8 Å². The zero-order chi connectivity index (χ0) is 18.8. The summed E-state index contributed by atoms with van der Waals surface area (Å²) in [4.78, 5) is 14.3. The van der Waals surface area contributed by atoms with Crippen molar-refractivity contribution >= 4 is 15.9 Å². The quantitative estimate of drug-likeness (QED) is 0.884. The number of furan rings is 1. The summed E-state index contributed by atoms with van der Waals surface area (Å²) in [6.07, 6.45) is 1.56. The zero-order valence-corrected chi connectivity index (χ0v) is 15.9. The second-order valence-electron chi connectivity index (χ2n) is 6.99. The van der Waals surface area contributed by atoms with Crippen molar-refractivity contribution in [1.82, 2.24) is 9.62 Å². The van der Waals surface area contributed by atoms with Gasteiger partial charge in [0, 0.05) is 18.2 Å². The van der Waals surface area contributed by atoms with Gasteiger partial charge < -0.3 is 9.32 Å². The summed E-state index contributed by atoms with van der Waals surface area (Å²) in [6, 6.07) is 9.26. The maximum absolute atomic E-state index is 12.6. The average Bonchev–Trinajstić information content (AvgIpc) is 3.05. The fraction of sp³-hybridized carbons (Fsp3) is 0.389. The lowest BCUT2D eigenvalue weighted by Gasteiger charge is -2.23. The molecule has 6 nitrogen and oxygen atoms in total. The topological polar surface area (TPSA) is 79.6 Å². The average molecular weight is 364 g/mol. The smallest absolute Gasteiger partial charge is 0.254 e. The number of carbonyl (C=O) groups excluding carboxylic acids is 1. The van der Waals surface area contributed by atoms with Gasteiger partial charge in [-0.25, -0.2) is 13.1 Å². The molecule has 2 rings (SSSR count). The predicted octanol–water partition coefficient (Wildman–Crippen LogP) is 3.19. The number of rotatable bonds is 5. The molecule has 7 heteroatoms. The standard InChI is InChI=1S/C18H24N2O4S/c1-13(16-7-6-12-24-16)20(5)17(21)14-8-10-15(11-9-14)25(22,23)19-18(2,3)4/h6-13,19H,1-5H3. The molecular formula is C18H24N2O4S. The largest absolute Gasteiger partial charge is 0.467 e. The van der Waals surface area contributed by atoms with E-state index < -0.39 is 15.6 Å². The maximum atomic E-state index is 12.6. The Bertz CT molecular complexity index is 819. The molecule has 1 aromatic heterocycles. The number of nitrogens with one attached hydrogen (secondary N) is 1. The first-order chi connectivity index (χ1) is 11.5. The zero-order valence-electron chi connectivity index (χ0n) is 15.1. The van der Waals surface area contributed by atoms with Gasteiger partial charge in [0.1, 0.15) is 5.76 Å². The first-order valence-corrected chi connectivity index (χ1v) is 9.44. The molecule has 0 radical (unpaired) electrons. The third-order valence-electron chi connectivity index (χ3n) is 3.71. The van der Waals surface area contributed by atoms with Crippen LogP contribution in [0.15, 0.2) is 52.0 Å². The minimum absolute atomic E-state index is 0.126. The van der Waals surface area contributed by atoms with E-state index >= 15 is 0 Å². The maximum Gasteiger partial charge on any atom is 0.254 e. The lowest BCUT2D eigenvalue weighted by molar-refractivity contribution is 0.0726. The number of carbonyl (C=O) groups is 1. The van der Waals surface area contributed by atoms with Crippen LogP contribution >= 0.6 is 0 Å². The van der Waals surface area contributed by atoms with Gasteiger partial charge in [-0.1, -0.05) is 0 Å². The van der Waals surface area contributed by atoms with E-state index in [9.17, 15) is 13.2 Å². The number of nitrogens with zero attached hydrogens (tertiary/aromatic N) is 1.